The number of carbonyl (C=O) groups is 1. The van der Waals surface area contributed by atoms with Gasteiger partial charge in [-0.25, -0.2) is 0 Å². The van der Waals surface area contributed by atoms with E-state index in [0.717, 1.165) is 25.7 Å². The monoisotopic (exact) mass is 294 g/mol. The van der Waals surface area contributed by atoms with Crippen molar-refractivity contribution >= 4 is 5.97 Å². The van der Waals surface area contributed by atoms with Crippen molar-refractivity contribution in [1.82, 2.24) is 0 Å². The smallest absolute Gasteiger partial charge is 0.306 e. The standard InChI is InChI=1S/C18H30O3/c1-2-17-16(19)14-12-10-8-6-4-3-5-7-9-11-13-15-18(20)21-17/h4,6,10,12,16-17,19H,2-3,5,7-9,11,13-15H2,1H3/b6-4-,12-10-/t16-,17-/m0/s1. The molecule has 2 atom stereocenters. The second kappa shape index (κ2) is 11.6. The third kappa shape index (κ3) is 8.71. The number of ether oxygens (including phenoxy) is 1. The molecule has 0 amide bonds. The Balaban J connectivity index is 2.51. The van der Waals surface area contributed by atoms with Crippen LogP contribution in [-0.4, -0.2) is 23.3 Å². The van der Waals surface area contributed by atoms with Crippen LogP contribution >= 0.6 is 0 Å². The summed E-state index contributed by atoms with van der Waals surface area (Å²) < 4.78 is 5.40. The Labute approximate surface area is 129 Å². The first kappa shape index (κ1) is 18.0. The lowest BCUT2D eigenvalue weighted by molar-refractivity contribution is -0.155. The van der Waals surface area contributed by atoms with Crippen LogP contribution in [0.5, 0.6) is 0 Å². The Hall–Kier alpha value is -1.09. The van der Waals surface area contributed by atoms with Crippen LogP contribution in [0.2, 0.25) is 0 Å². The zero-order chi connectivity index (χ0) is 15.3. The summed E-state index contributed by atoms with van der Waals surface area (Å²) in [6.45, 7) is 1.94. The van der Waals surface area contributed by atoms with Crippen LogP contribution in [0.15, 0.2) is 24.3 Å². The van der Waals surface area contributed by atoms with Gasteiger partial charge in [-0.2, -0.15) is 0 Å². The van der Waals surface area contributed by atoms with Crippen LogP contribution in [0.3, 0.4) is 0 Å². The van der Waals surface area contributed by atoms with E-state index in [9.17, 15) is 9.90 Å². The number of esters is 1. The maximum absolute atomic E-state index is 11.8. The number of hydrogen-bond donors (Lipinski definition) is 1. The summed E-state index contributed by atoms with van der Waals surface area (Å²) in [6, 6.07) is 0. The lowest BCUT2D eigenvalue weighted by Crippen LogP contribution is -2.30. The van der Waals surface area contributed by atoms with E-state index in [1.807, 2.05) is 13.0 Å². The van der Waals surface area contributed by atoms with Crippen LogP contribution in [0.4, 0.5) is 0 Å². The normalized spacial score (nSPS) is 30.1. The van der Waals surface area contributed by atoms with Gasteiger partial charge in [0, 0.05) is 6.42 Å². The van der Waals surface area contributed by atoms with Gasteiger partial charge in [0.1, 0.15) is 6.10 Å². The van der Waals surface area contributed by atoms with Gasteiger partial charge in [0.05, 0.1) is 6.10 Å². The summed E-state index contributed by atoms with van der Waals surface area (Å²) >= 11 is 0. The van der Waals surface area contributed by atoms with Crippen molar-refractivity contribution in [1.29, 1.82) is 0 Å². The minimum atomic E-state index is -0.602. The molecule has 0 aromatic heterocycles. The molecule has 3 heteroatoms. The van der Waals surface area contributed by atoms with Gasteiger partial charge in [-0.1, -0.05) is 50.5 Å². The van der Waals surface area contributed by atoms with E-state index in [-0.39, 0.29) is 12.1 Å². The zero-order valence-corrected chi connectivity index (χ0v) is 13.3. The van der Waals surface area contributed by atoms with E-state index in [0.29, 0.717) is 19.3 Å². The maximum atomic E-state index is 11.8. The molecule has 0 unspecified atom stereocenters. The maximum Gasteiger partial charge on any atom is 0.306 e. The van der Waals surface area contributed by atoms with Crippen molar-refractivity contribution in [3.05, 3.63) is 24.3 Å². The summed E-state index contributed by atoms with van der Waals surface area (Å²) in [6.07, 6.45) is 16.8. The molecule has 0 radical (unpaired) electrons. The fourth-order valence-electron chi connectivity index (χ4n) is 2.50. The quantitative estimate of drug-likeness (QED) is 0.579. The highest BCUT2D eigenvalue weighted by molar-refractivity contribution is 5.69. The van der Waals surface area contributed by atoms with Gasteiger partial charge in [-0.05, 0) is 38.5 Å². The number of aliphatic hydroxyl groups is 1. The molecule has 0 aromatic carbocycles. The molecule has 120 valence electrons. The Bertz CT molecular complexity index is 333. The molecular weight excluding hydrogens is 264 g/mol. The summed E-state index contributed by atoms with van der Waals surface area (Å²) in [5.41, 5.74) is 0. The summed E-state index contributed by atoms with van der Waals surface area (Å²) in [5.74, 6) is -0.170. The molecule has 21 heavy (non-hydrogen) atoms. The molecule has 1 rings (SSSR count). The number of cyclic esters (lactones) is 1. The SMILES string of the molecule is CC[C@@H]1OC(=O)CCCCCCC/C=C\C/C=C\C[C@@H]1O. The highest BCUT2D eigenvalue weighted by Gasteiger charge is 2.20. The van der Waals surface area contributed by atoms with Crippen molar-refractivity contribution < 1.29 is 14.6 Å². The lowest BCUT2D eigenvalue weighted by atomic mass is 10.1. The van der Waals surface area contributed by atoms with E-state index < -0.39 is 6.10 Å². The Kier molecular flexibility index (Phi) is 9.88. The third-order valence-corrected chi connectivity index (χ3v) is 3.85. The largest absolute Gasteiger partial charge is 0.460 e. The number of allylic oxidation sites excluding steroid dienone is 3. The molecule has 0 aromatic rings. The number of carbonyl (C=O) groups excluding carboxylic acids is 1. The average molecular weight is 294 g/mol. The molecule has 0 bridgehead atoms. The molecule has 1 N–H and O–H groups in total. The van der Waals surface area contributed by atoms with Gasteiger partial charge < -0.3 is 9.84 Å². The summed E-state index contributed by atoms with van der Waals surface area (Å²) in [4.78, 5) is 11.8. The lowest BCUT2D eigenvalue weighted by Gasteiger charge is -2.21. The van der Waals surface area contributed by atoms with E-state index in [2.05, 4.69) is 18.2 Å². The van der Waals surface area contributed by atoms with E-state index in [1.54, 1.807) is 0 Å². The average Bonchev–Trinajstić information content (AvgIpc) is 2.48. The molecule has 0 saturated carbocycles. The molecule has 0 aliphatic carbocycles. The Morgan fingerprint density at radius 1 is 1.10 bits per heavy atom. The Morgan fingerprint density at radius 2 is 1.81 bits per heavy atom. The molecule has 1 heterocycles. The van der Waals surface area contributed by atoms with Crippen LogP contribution in [0.25, 0.3) is 0 Å². The fraction of sp³-hybridized carbons (Fsp3) is 0.722. The van der Waals surface area contributed by atoms with E-state index in [4.69, 9.17) is 4.74 Å². The van der Waals surface area contributed by atoms with Crippen molar-refractivity contribution in [2.75, 3.05) is 0 Å². The predicted molar refractivity (Wildman–Crippen MR) is 86.0 cm³/mol. The molecular formula is C18H30O3. The molecule has 0 fully saturated rings. The fourth-order valence-corrected chi connectivity index (χ4v) is 2.50. The third-order valence-electron chi connectivity index (χ3n) is 3.85. The highest BCUT2D eigenvalue weighted by atomic mass is 16.6. The number of rotatable bonds is 1. The second-order valence-electron chi connectivity index (χ2n) is 5.72. The van der Waals surface area contributed by atoms with Gasteiger partial charge in [0.2, 0.25) is 0 Å². The van der Waals surface area contributed by atoms with Gasteiger partial charge in [0.15, 0.2) is 0 Å². The highest BCUT2D eigenvalue weighted by Crippen LogP contribution is 2.13. The van der Waals surface area contributed by atoms with Crippen LogP contribution in [0.1, 0.15) is 71.1 Å². The minimum absolute atomic E-state index is 0.170. The van der Waals surface area contributed by atoms with Crippen LogP contribution in [0, 0.1) is 0 Å². The first-order valence-electron chi connectivity index (χ1n) is 8.41. The van der Waals surface area contributed by atoms with Gasteiger partial charge in [0.25, 0.3) is 0 Å². The van der Waals surface area contributed by atoms with Crippen molar-refractivity contribution in [2.24, 2.45) is 0 Å². The molecule has 1 aliphatic rings. The number of aliphatic hydroxyl groups excluding tert-OH is 1. The van der Waals surface area contributed by atoms with Gasteiger partial charge >= 0.3 is 5.97 Å². The van der Waals surface area contributed by atoms with E-state index in [1.165, 1.54) is 19.3 Å². The van der Waals surface area contributed by atoms with Crippen molar-refractivity contribution in [3.63, 3.8) is 0 Å². The molecule has 0 saturated heterocycles. The van der Waals surface area contributed by atoms with Crippen LogP contribution in [-0.2, 0) is 9.53 Å². The van der Waals surface area contributed by atoms with Crippen molar-refractivity contribution in [3.8, 4) is 0 Å². The molecule has 1 aliphatic heterocycles. The van der Waals surface area contributed by atoms with Crippen LogP contribution < -0.4 is 0 Å². The zero-order valence-electron chi connectivity index (χ0n) is 13.3. The minimum Gasteiger partial charge on any atom is -0.460 e. The first-order chi connectivity index (χ1) is 10.2. The van der Waals surface area contributed by atoms with Gasteiger partial charge in [-0.15, -0.1) is 0 Å². The second-order valence-corrected chi connectivity index (χ2v) is 5.72. The van der Waals surface area contributed by atoms with E-state index >= 15 is 0 Å². The van der Waals surface area contributed by atoms with Gasteiger partial charge in [-0.3, -0.25) is 4.79 Å². The number of hydrogen-bond acceptors (Lipinski definition) is 3. The van der Waals surface area contributed by atoms with Crippen molar-refractivity contribution in [2.45, 2.75) is 83.3 Å². The first-order valence-corrected chi connectivity index (χ1v) is 8.41. The molecule has 3 nitrogen and oxygen atoms in total. The Morgan fingerprint density at radius 3 is 2.62 bits per heavy atom. The summed E-state index contributed by atoms with van der Waals surface area (Å²) in [5, 5.41) is 10.1. The summed E-state index contributed by atoms with van der Waals surface area (Å²) in [7, 11) is 0. The predicted octanol–water partition coefficient (Wildman–Crippen LogP) is 4.31. The molecule has 0 spiro atoms. The topological polar surface area (TPSA) is 46.5 Å².